The number of hydrogen-bond donors (Lipinski definition) is 0. The van der Waals surface area contributed by atoms with Crippen LogP contribution in [0.25, 0.3) is 0 Å². The van der Waals surface area contributed by atoms with Gasteiger partial charge in [0.25, 0.3) is 0 Å². The molecule has 0 aromatic carbocycles. The van der Waals surface area contributed by atoms with Crippen molar-refractivity contribution >= 4 is 5.97 Å². The van der Waals surface area contributed by atoms with Crippen molar-refractivity contribution in [3.05, 3.63) is 0 Å². The van der Waals surface area contributed by atoms with E-state index in [0.29, 0.717) is 12.5 Å². The van der Waals surface area contributed by atoms with Gasteiger partial charge in [-0.15, -0.1) is 0 Å². The molecule has 15 heavy (non-hydrogen) atoms. The third-order valence-corrected chi connectivity index (χ3v) is 2.73. The molecule has 0 aliphatic heterocycles. The monoisotopic (exact) mass is 216 g/mol. The molecule has 2 unspecified atom stereocenters. The molecule has 3 heteroatoms. The zero-order valence-corrected chi connectivity index (χ0v) is 10.4. The van der Waals surface area contributed by atoms with Crippen LogP contribution in [-0.4, -0.2) is 25.8 Å². The Morgan fingerprint density at radius 1 is 1.27 bits per heavy atom. The van der Waals surface area contributed by atoms with Gasteiger partial charge in [0.05, 0.1) is 6.61 Å². The lowest BCUT2D eigenvalue weighted by molar-refractivity contribution is -0.154. The van der Waals surface area contributed by atoms with Gasteiger partial charge >= 0.3 is 5.97 Å². The Kier molecular flexibility index (Phi) is 8.38. The smallest absolute Gasteiger partial charge is 0.334 e. The molecule has 0 aliphatic carbocycles. The van der Waals surface area contributed by atoms with Crippen molar-refractivity contribution in [1.82, 2.24) is 0 Å². The molecule has 0 saturated carbocycles. The summed E-state index contributed by atoms with van der Waals surface area (Å²) in [5.41, 5.74) is 0. The van der Waals surface area contributed by atoms with Crippen LogP contribution in [0.3, 0.4) is 0 Å². The standard InChI is InChI=1S/C12H24O3/c1-5-7-11(6-2)8-9-15-12(13)10(3)14-4/h10-11H,5-9H2,1-4H3. The largest absolute Gasteiger partial charge is 0.464 e. The molecule has 0 bridgehead atoms. The van der Waals surface area contributed by atoms with E-state index in [1.807, 2.05) is 0 Å². The number of carbonyl (C=O) groups is 1. The van der Waals surface area contributed by atoms with Crippen molar-refractivity contribution in [1.29, 1.82) is 0 Å². The normalized spacial score (nSPS) is 14.7. The number of carbonyl (C=O) groups excluding carboxylic acids is 1. The van der Waals surface area contributed by atoms with Crippen LogP contribution < -0.4 is 0 Å². The van der Waals surface area contributed by atoms with Crippen molar-refractivity contribution < 1.29 is 14.3 Å². The molecule has 0 aromatic heterocycles. The van der Waals surface area contributed by atoms with E-state index < -0.39 is 6.10 Å². The number of rotatable bonds is 8. The second kappa shape index (κ2) is 8.72. The van der Waals surface area contributed by atoms with Gasteiger partial charge < -0.3 is 9.47 Å². The average molecular weight is 216 g/mol. The highest BCUT2D eigenvalue weighted by Gasteiger charge is 2.13. The third-order valence-electron chi connectivity index (χ3n) is 2.73. The first-order valence-electron chi connectivity index (χ1n) is 5.85. The Morgan fingerprint density at radius 3 is 2.40 bits per heavy atom. The van der Waals surface area contributed by atoms with Crippen molar-refractivity contribution in [2.75, 3.05) is 13.7 Å². The molecule has 0 spiro atoms. The first-order valence-corrected chi connectivity index (χ1v) is 5.85. The van der Waals surface area contributed by atoms with Gasteiger partial charge in [-0.2, -0.15) is 0 Å². The zero-order chi connectivity index (χ0) is 11.7. The highest BCUT2D eigenvalue weighted by Crippen LogP contribution is 2.15. The van der Waals surface area contributed by atoms with Crippen LogP contribution in [0.2, 0.25) is 0 Å². The van der Waals surface area contributed by atoms with Crippen LogP contribution in [0, 0.1) is 5.92 Å². The fourth-order valence-corrected chi connectivity index (χ4v) is 1.50. The van der Waals surface area contributed by atoms with E-state index in [-0.39, 0.29) is 5.97 Å². The molecule has 0 radical (unpaired) electrons. The molecule has 0 fully saturated rings. The van der Waals surface area contributed by atoms with Gasteiger partial charge in [-0.1, -0.05) is 33.1 Å². The minimum absolute atomic E-state index is 0.260. The van der Waals surface area contributed by atoms with Gasteiger partial charge in [0, 0.05) is 7.11 Å². The van der Waals surface area contributed by atoms with Crippen molar-refractivity contribution in [2.24, 2.45) is 5.92 Å². The molecule has 0 N–H and O–H groups in total. The molecule has 0 aromatic rings. The van der Waals surface area contributed by atoms with Gasteiger partial charge in [0.1, 0.15) is 0 Å². The summed E-state index contributed by atoms with van der Waals surface area (Å²) in [5.74, 6) is 0.421. The molecule has 0 heterocycles. The average Bonchev–Trinajstić information content (AvgIpc) is 2.26. The van der Waals surface area contributed by atoms with Crippen LogP contribution in [-0.2, 0) is 14.3 Å². The predicted octanol–water partition coefficient (Wildman–Crippen LogP) is 2.78. The van der Waals surface area contributed by atoms with Gasteiger partial charge in [-0.25, -0.2) is 4.79 Å². The van der Waals surface area contributed by atoms with Crippen LogP contribution in [0.4, 0.5) is 0 Å². The fraction of sp³-hybridized carbons (Fsp3) is 0.917. The Hall–Kier alpha value is -0.570. The Morgan fingerprint density at radius 2 is 1.93 bits per heavy atom. The highest BCUT2D eigenvalue weighted by atomic mass is 16.6. The van der Waals surface area contributed by atoms with Crippen LogP contribution in [0.1, 0.15) is 46.5 Å². The lowest BCUT2D eigenvalue weighted by atomic mass is 9.98. The fourth-order valence-electron chi connectivity index (χ4n) is 1.50. The molecule has 0 amide bonds. The summed E-state index contributed by atoms with van der Waals surface area (Å²) < 4.78 is 9.98. The third kappa shape index (κ3) is 6.50. The summed E-state index contributed by atoms with van der Waals surface area (Å²) in [5, 5.41) is 0. The van der Waals surface area contributed by atoms with Crippen molar-refractivity contribution in [3.8, 4) is 0 Å². The Balaban J connectivity index is 3.63. The summed E-state index contributed by atoms with van der Waals surface area (Å²) >= 11 is 0. The molecular formula is C12H24O3. The van der Waals surface area contributed by atoms with Gasteiger partial charge in [-0.05, 0) is 19.3 Å². The van der Waals surface area contributed by atoms with Crippen molar-refractivity contribution in [3.63, 3.8) is 0 Å². The second-order valence-electron chi connectivity index (χ2n) is 3.90. The van der Waals surface area contributed by atoms with Crippen LogP contribution in [0.5, 0.6) is 0 Å². The molecule has 2 atom stereocenters. The van der Waals surface area contributed by atoms with E-state index >= 15 is 0 Å². The number of hydrogen-bond acceptors (Lipinski definition) is 3. The number of ether oxygens (including phenoxy) is 2. The minimum atomic E-state index is -0.448. The molecule has 0 aliphatic rings. The topological polar surface area (TPSA) is 35.5 Å². The second-order valence-corrected chi connectivity index (χ2v) is 3.90. The number of esters is 1. The van der Waals surface area contributed by atoms with Gasteiger partial charge in [0.15, 0.2) is 6.10 Å². The van der Waals surface area contributed by atoms with Crippen LogP contribution >= 0.6 is 0 Å². The quantitative estimate of drug-likeness (QED) is 0.585. The summed E-state index contributed by atoms with van der Waals surface area (Å²) in [6.45, 7) is 6.58. The first-order chi connectivity index (χ1) is 7.15. The van der Waals surface area contributed by atoms with E-state index in [4.69, 9.17) is 9.47 Å². The molecular weight excluding hydrogens is 192 g/mol. The number of methoxy groups -OCH3 is 1. The zero-order valence-electron chi connectivity index (χ0n) is 10.4. The molecule has 3 nitrogen and oxygen atoms in total. The molecule has 0 saturated heterocycles. The maximum atomic E-state index is 11.3. The van der Waals surface area contributed by atoms with Gasteiger partial charge in [-0.3, -0.25) is 0 Å². The van der Waals surface area contributed by atoms with E-state index in [2.05, 4.69) is 13.8 Å². The van der Waals surface area contributed by atoms with Crippen LogP contribution in [0.15, 0.2) is 0 Å². The van der Waals surface area contributed by atoms with E-state index in [1.54, 1.807) is 6.92 Å². The first kappa shape index (κ1) is 14.4. The van der Waals surface area contributed by atoms with Crippen molar-refractivity contribution in [2.45, 2.75) is 52.6 Å². The summed E-state index contributed by atoms with van der Waals surface area (Å²) in [7, 11) is 1.51. The SMILES string of the molecule is CCCC(CC)CCOC(=O)C(C)OC. The lowest BCUT2D eigenvalue weighted by Crippen LogP contribution is -2.22. The summed E-state index contributed by atoms with van der Waals surface area (Å²) in [6, 6.07) is 0. The highest BCUT2D eigenvalue weighted by molar-refractivity contribution is 5.74. The molecule has 0 rings (SSSR count). The van der Waals surface area contributed by atoms with E-state index in [0.717, 1.165) is 12.8 Å². The molecule has 90 valence electrons. The van der Waals surface area contributed by atoms with Gasteiger partial charge in [0.2, 0.25) is 0 Å². The summed E-state index contributed by atoms with van der Waals surface area (Å²) in [4.78, 5) is 11.3. The Bertz CT molecular complexity index is 168. The van der Waals surface area contributed by atoms with E-state index in [9.17, 15) is 4.79 Å². The maximum Gasteiger partial charge on any atom is 0.334 e. The lowest BCUT2D eigenvalue weighted by Gasteiger charge is -2.14. The van der Waals surface area contributed by atoms with E-state index in [1.165, 1.54) is 20.0 Å². The minimum Gasteiger partial charge on any atom is -0.464 e. The Labute approximate surface area is 93.1 Å². The maximum absolute atomic E-state index is 11.3. The summed E-state index contributed by atoms with van der Waals surface area (Å²) in [6.07, 6.45) is 4.09. The predicted molar refractivity (Wildman–Crippen MR) is 60.7 cm³/mol.